The van der Waals surface area contributed by atoms with Gasteiger partial charge in [-0.1, -0.05) is 18.5 Å². The molecule has 1 heterocycles. The van der Waals surface area contributed by atoms with Crippen LogP contribution in [0.1, 0.15) is 12.8 Å². The average Bonchev–Trinajstić information content (AvgIpc) is 2.95. The zero-order valence-corrected chi connectivity index (χ0v) is 13.4. The molecule has 0 amide bonds. The van der Waals surface area contributed by atoms with E-state index in [1.165, 1.54) is 7.11 Å². The molecule has 0 saturated carbocycles. The first kappa shape index (κ1) is 15.9. The first-order valence-electron chi connectivity index (χ1n) is 6.46. The van der Waals surface area contributed by atoms with Gasteiger partial charge in [-0.05, 0) is 24.3 Å². The van der Waals surface area contributed by atoms with Crippen molar-refractivity contribution in [1.82, 2.24) is 4.98 Å². The molecule has 0 spiro atoms. The fourth-order valence-electron chi connectivity index (χ4n) is 1.72. The van der Waals surface area contributed by atoms with Gasteiger partial charge < -0.3 is 9.15 Å². The van der Waals surface area contributed by atoms with Gasteiger partial charge in [0.2, 0.25) is 5.89 Å². The van der Waals surface area contributed by atoms with Gasteiger partial charge in [-0.3, -0.25) is 4.79 Å². The summed E-state index contributed by atoms with van der Waals surface area (Å²) in [6, 6.07) is 7.40. The van der Waals surface area contributed by atoms with Crippen molar-refractivity contribution >= 4 is 29.3 Å². The van der Waals surface area contributed by atoms with E-state index in [9.17, 15) is 4.79 Å². The van der Waals surface area contributed by atoms with Gasteiger partial charge in [0.25, 0.3) is 0 Å². The lowest BCUT2D eigenvalue weighted by Crippen LogP contribution is -2.14. The number of esters is 1. The summed E-state index contributed by atoms with van der Waals surface area (Å²) >= 11 is 7.44. The maximum atomic E-state index is 11.3. The van der Waals surface area contributed by atoms with Crippen LogP contribution in [0.4, 0.5) is 0 Å². The highest BCUT2D eigenvalue weighted by Gasteiger charge is 2.14. The quantitative estimate of drug-likeness (QED) is 0.750. The summed E-state index contributed by atoms with van der Waals surface area (Å²) in [5.74, 6) is 2.31. The maximum absolute atomic E-state index is 11.3. The predicted molar refractivity (Wildman–Crippen MR) is 84.3 cm³/mol. The smallest absolute Gasteiger partial charge is 0.309 e. The van der Waals surface area contributed by atoms with Crippen LogP contribution in [-0.2, 0) is 15.3 Å². The van der Waals surface area contributed by atoms with E-state index in [0.717, 1.165) is 5.56 Å². The molecular formula is C15H16ClNO3S. The number of rotatable bonds is 6. The van der Waals surface area contributed by atoms with Crippen molar-refractivity contribution in [1.29, 1.82) is 0 Å². The third-order valence-corrected chi connectivity index (χ3v) is 4.32. The van der Waals surface area contributed by atoms with Crippen LogP contribution >= 0.6 is 23.4 Å². The Morgan fingerprint density at radius 1 is 1.43 bits per heavy atom. The van der Waals surface area contributed by atoms with Crippen LogP contribution in [0.5, 0.6) is 0 Å². The fraction of sp³-hybridized carbons (Fsp3) is 0.333. The highest BCUT2D eigenvalue weighted by Crippen LogP contribution is 2.24. The number of oxazole rings is 1. The molecule has 2 rings (SSSR count). The molecule has 0 aliphatic carbocycles. The number of carbonyl (C=O) groups is 1. The van der Waals surface area contributed by atoms with Crippen LogP contribution in [0.3, 0.4) is 0 Å². The zero-order valence-electron chi connectivity index (χ0n) is 11.8. The molecule has 6 heteroatoms. The minimum Gasteiger partial charge on any atom is -0.469 e. The maximum Gasteiger partial charge on any atom is 0.309 e. The Hall–Kier alpha value is -1.46. The van der Waals surface area contributed by atoms with Crippen LogP contribution in [0.2, 0.25) is 5.02 Å². The van der Waals surface area contributed by atoms with Gasteiger partial charge in [0, 0.05) is 16.3 Å². The van der Waals surface area contributed by atoms with E-state index in [0.29, 0.717) is 28.2 Å². The summed E-state index contributed by atoms with van der Waals surface area (Å²) in [4.78, 5) is 15.5. The summed E-state index contributed by atoms with van der Waals surface area (Å²) in [6.07, 6.45) is 1.70. The Morgan fingerprint density at radius 3 is 2.81 bits per heavy atom. The molecule has 0 fully saturated rings. The molecule has 0 aliphatic rings. The zero-order chi connectivity index (χ0) is 15.2. The summed E-state index contributed by atoms with van der Waals surface area (Å²) in [6.45, 7) is 1.84. The molecule has 21 heavy (non-hydrogen) atoms. The van der Waals surface area contributed by atoms with E-state index < -0.39 is 0 Å². The van der Waals surface area contributed by atoms with Crippen molar-refractivity contribution in [2.24, 2.45) is 5.92 Å². The Morgan fingerprint density at radius 2 is 2.14 bits per heavy atom. The summed E-state index contributed by atoms with van der Waals surface area (Å²) in [5.41, 5.74) is 0.936. The van der Waals surface area contributed by atoms with Gasteiger partial charge in [-0.15, -0.1) is 0 Å². The summed E-state index contributed by atoms with van der Waals surface area (Å²) < 4.78 is 10.4. The minimum atomic E-state index is -0.197. The number of nitrogens with zero attached hydrogens (tertiary/aromatic N) is 1. The molecule has 1 atom stereocenters. The first-order chi connectivity index (χ1) is 10.1. The lowest BCUT2D eigenvalue weighted by atomic mass is 10.2. The summed E-state index contributed by atoms with van der Waals surface area (Å²) in [7, 11) is 1.40. The van der Waals surface area contributed by atoms with Crippen molar-refractivity contribution in [2.75, 3.05) is 12.9 Å². The predicted octanol–water partition coefficient (Wildman–Crippen LogP) is 4.04. The molecule has 1 aromatic carbocycles. The van der Waals surface area contributed by atoms with E-state index in [4.69, 9.17) is 16.0 Å². The first-order valence-corrected chi connectivity index (χ1v) is 7.99. The van der Waals surface area contributed by atoms with Crippen molar-refractivity contribution < 1.29 is 13.9 Å². The third-order valence-electron chi connectivity index (χ3n) is 2.88. The standard InChI is InChI=1S/C15H16ClNO3S/c1-10(15(18)19-2)8-21-9-14-17-7-13(20-14)11-3-5-12(16)6-4-11/h3-7,10H,8-9H2,1-2H3. The number of halogens is 1. The van der Waals surface area contributed by atoms with Crippen molar-refractivity contribution in [2.45, 2.75) is 12.7 Å². The number of ether oxygens (including phenoxy) is 1. The van der Waals surface area contributed by atoms with Gasteiger partial charge >= 0.3 is 5.97 Å². The van der Waals surface area contributed by atoms with Gasteiger partial charge in [0.05, 0.1) is 25.0 Å². The van der Waals surface area contributed by atoms with E-state index in [2.05, 4.69) is 9.72 Å². The van der Waals surface area contributed by atoms with Crippen LogP contribution in [0.25, 0.3) is 11.3 Å². The molecular weight excluding hydrogens is 310 g/mol. The van der Waals surface area contributed by atoms with Crippen molar-refractivity contribution in [3.05, 3.63) is 41.4 Å². The second-order valence-corrected chi connectivity index (χ2v) is 6.03. The van der Waals surface area contributed by atoms with Crippen LogP contribution in [-0.4, -0.2) is 23.8 Å². The number of thioether (sulfide) groups is 1. The number of benzene rings is 1. The number of aromatic nitrogens is 1. The number of carbonyl (C=O) groups excluding carboxylic acids is 1. The third kappa shape index (κ3) is 4.51. The topological polar surface area (TPSA) is 52.3 Å². The van der Waals surface area contributed by atoms with Gasteiger partial charge in [-0.25, -0.2) is 4.98 Å². The minimum absolute atomic E-state index is 0.134. The Bertz CT molecular complexity index is 597. The molecule has 0 saturated heterocycles. The highest BCUT2D eigenvalue weighted by atomic mass is 35.5. The second-order valence-electron chi connectivity index (χ2n) is 4.56. The van der Waals surface area contributed by atoms with Crippen LogP contribution in [0, 0.1) is 5.92 Å². The molecule has 4 nitrogen and oxygen atoms in total. The van der Waals surface area contributed by atoms with E-state index in [1.54, 1.807) is 18.0 Å². The lowest BCUT2D eigenvalue weighted by Gasteiger charge is -2.07. The van der Waals surface area contributed by atoms with Gasteiger partial charge in [0.15, 0.2) is 5.76 Å². The molecule has 2 aromatic rings. The normalized spacial score (nSPS) is 12.1. The van der Waals surface area contributed by atoms with E-state index >= 15 is 0 Å². The average molecular weight is 326 g/mol. The second kappa shape index (κ2) is 7.52. The lowest BCUT2D eigenvalue weighted by molar-refractivity contribution is -0.143. The Kier molecular flexibility index (Phi) is 5.70. The monoisotopic (exact) mass is 325 g/mol. The number of hydrogen-bond donors (Lipinski definition) is 0. The Labute approximate surface area is 132 Å². The number of methoxy groups -OCH3 is 1. The molecule has 0 bridgehead atoms. The molecule has 112 valence electrons. The van der Waals surface area contributed by atoms with Crippen LogP contribution in [0.15, 0.2) is 34.9 Å². The van der Waals surface area contributed by atoms with E-state index in [-0.39, 0.29) is 11.9 Å². The fourth-order valence-corrected chi connectivity index (χ4v) is 2.76. The van der Waals surface area contributed by atoms with Crippen molar-refractivity contribution in [3.8, 4) is 11.3 Å². The number of hydrogen-bond acceptors (Lipinski definition) is 5. The Balaban J connectivity index is 1.89. The molecule has 0 radical (unpaired) electrons. The highest BCUT2D eigenvalue weighted by molar-refractivity contribution is 7.98. The summed E-state index contributed by atoms with van der Waals surface area (Å²) in [5, 5.41) is 0.686. The SMILES string of the molecule is COC(=O)C(C)CSCc1ncc(-c2ccc(Cl)cc2)o1. The molecule has 1 unspecified atom stereocenters. The molecule has 0 N–H and O–H groups in total. The van der Waals surface area contributed by atoms with Crippen LogP contribution < -0.4 is 0 Å². The van der Waals surface area contributed by atoms with Crippen molar-refractivity contribution in [3.63, 3.8) is 0 Å². The van der Waals surface area contributed by atoms with E-state index in [1.807, 2.05) is 31.2 Å². The molecule has 1 aromatic heterocycles. The van der Waals surface area contributed by atoms with Gasteiger partial charge in [0.1, 0.15) is 0 Å². The largest absolute Gasteiger partial charge is 0.469 e. The van der Waals surface area contributed by atoms with Gasteiger partial charge in [-0.2, -0.15) is 11.8 Å². The molecule has 0 aliphatic heterocycles.